The Balaban J connectivity index is 4.35. The molecule has 0 aliphatic carbocycles. The molecule has 0 aromatic rings. The first-order chi connectivity index (χ1) is 8.21. The Bertz CT molecular complexity index is 151. The van der Waals surface area contributed by atoms with Gasteiger partial charge in [0.25, 0.3) is 0 Å². The van der Waals surface area contributed by atoms with Gasteiger partial charge in [-0.05, 0) is 38.3 Å². The van der Waals surface area contributed by atoms with Crippen LogP contribution in [0.25, 0.3) is 0 Å². The van der Waals surface area contributed by atoms with Crippen LogP contribution in [0.15, 0.2) is 0 Å². The fraction of sp³-hybridized carbons (Fsp3) is 1.00. The summed E-state index contributed by atoms with van der Waals surface area (Å²) in [5, 5.41) is 0. The van der Waals surface area contributed by atoms with E-state index in [4.69, 9.17) is 5.73 Å². The van der Waals surface area contributed by atoms with Crippen LogP contribution in [0.5, 0.6) is 0 Å². The Labute approximate surface area is 109 Å². The molecule has 0 aliphatic heterocycles. The van der Waals surface area contributed by atoms with Crippen molar-refractivity contribution >= 4 is 0 Å². The molecule has 2 atom stereocenters. The molecule has 2 unspecified atom stereocenters. The summed E-state index contributed by atoms with van der Waals surface area (Å²) in [5.74, 6) is 0.735. The van der Waals surface area contributed by atoms with Gasteiger partial charge in [0, 0.05) is 12.6 Å². The van der Waals surface area contributed by atoms with Crippen LogP contribution in [0.3, 0.4) is 0 Å². The molecule has 0 heterocycles. The largest absolute Gasteiger partial charge is 0.329 e. The third-order valence-corrected chi connectivity index (χ3v) is 3.71. The molecule has 17 heavy (non-hydrogen) atoms. The smallest absolute Gasteiger partial charge is 0.0243 e. The van der Waals surface area contributed by atoms with E-state index in [-0.39, 0.29) is 0 Å². The molecule has 0 amide bonds. The third-order valence-electron chi connectivity index (χ3n) is 3.71. The van der Waals surface area contributed by atoms with Crippen LogP contribution in [0, 0.1) is 5.92 Å². The van der Waals surface area contributed by atoms with Crippen LogP contribution in [0.1, 0.15) is 66.2 Å². The van der Waals surface area contributed by atoms with Gasteiger partial charge < -0.3 is 5.73 Å². The number of rotatable bonds is 11. The summed E-state index contributed by atoms with van der Waals surface area (Å²) in [4.78, 5) is 2.65. The van der Waals surface area contributed by atoms with Gasteiger partial charge in [-0.25, -0.2) is 0 Å². The highest BCUT2D eigenvalue weighted by atomic mass is 15.2. The second kappa shape index (κ2) is 11.0. The molecule has 0 radical (unpaired) electrons. The van der Waals surface area contributed by atoms with Crippen LogP contribution in [0.2, 0.25) is 0 Å². The summed E-state index contributed by atoms with van der Waals surface area (Å²) in [6, 6.07) is 0.591. The van der Waals surface area contributed by atoms with Gasteiger partial charge in [-0.1, -0.05) is 47.0 Å². The monoisotopic (exact) mass is 242 g/mol. The minimum atomic E-state index is 0.591. The minimum absolute atomic E-state index is 0.591. The average Bonchev–Trinajstić information content (AvgIpc) is 2.33. The fourth-order valence-corrected chi connectivity index (χ4v) is 2.55. The summed E-state index contributed by atoms with van der Waals surface area (Å²) in [6.45, 7) is 12.4. The first kappa shape index (κ1) is 16.9. The molecule has 0 aromatic carbocycles. The van der Waals surface area contributed by atoms with Crippen LogP contribution < -0.4 is 5.73 Å². The lowest BCUT2D eigenvalue weighted by molar-refractivity contribution is 0.143. The molecule has 0 saturated heterocycles. The van der Waals surface area contributed by atoms with E-state index >= 15 is 0 Å². The van der Waals surface area contributed by atoms with Crippen LogP contribution in [-0.4, -0.2) is 30.6 Å². The van der Waals surface area contributed by atoms with Gasteiger partial charge in [-0.15, -0.1) is 0 Å². The molecule has 0 rings (SSSR count). The molecule has 0 saturated carbocycles. The zero-order valence-electron chi connectivity index (χ0n) is 12.5. The van der Waals surface area contributed by atoms with E-state index in [1.165, 1.54) is 51.6 Å². The van der Waals surface area contributed by atoms with Crippen molar-refractivity contribution in [3.05, 3.63) is 0 Å². The average molecular weight is 242 g/mol. The van der Waals surface area contributed by atoms with E-state index in [1.54, 1.807) is 0 Å². The van der Waals surface area contributed by atoms with Crippen LogP contribution >= 0.6 is 0 Å². The standard InChI is InChI=1S/C15H34N2/c1-5-8-11-17(12-9-6-2)15(13-16)14(4)10-7-3/h14-15H,5-13,16H2,1-4H3. The molecular weight excluding hydrogens is 208 g/mol. The first-order valence-corrected chi connectivity index (χ1v) is 7.65. The summed E-state index contributed by atoms with van der Waals surface area (Å²) < 4.78 is 0. The van der Waals surface area contributed by atoms with Crippen molar-refractivity contribution in [3.63, 3.8) is 0 Å². The Kier molecular flexibility index (Phi) is 11.0. The van der Waals surface area contributed by atoms with Gasteiger partial charge in [-0.2, -0.15) is 0 Å². The quantitative estimate of drug-likeness (QED) is 0.599. The van der Waals surface area contributed by atoms with Gasteiger partial charge in [0.2, 0.25) is 0 Å². The maximum Gasteiger partial charge on any atom is 0.0243 e. The van der Waals surface area contributed by atoms with E-state index < -0.39 is 0 Å². The zero-order chi connectivity index (χ0) is 13.1. The van der Waals surface area contributed by atoms with Gasteiger partial charge >= 0.3 is 0 Å². The lowest BCUT2D eigenvalue weighted by atomic mass is 9.95. The predicted octanol–water partition coefficient (Wildman–Crippen LogP) is 3.65. The van der Waals surface area contributed by atoms with Crippen molar-refractivity contribution in [1.82, 2.24) is 4.90 Å². The molecule has 104 valence electrons. The number of nitrogens with two attached hydrogens (primary N) is 1. The molecule has 0 bridgehead atoms. The van der Waals surface area contributed by atoms with Crippen LogP contribution in [0.4, 0.5) is 0 Å². The van der Waals surface area contributed by atoms with Crippen molar-refractivity contribution in [2.75, 3.05) is 19.6 Å². The molecule has 2 N–H and O–H groups in total. The lowest BCUT2D eigenvalue weighted by Crippen LogP contribution is -2.45. The van der Waals surface area contributed by atoms with Gasteiger partial charge in [-0.3, -0.25) is 4.90 Å². The Morgan fingerprint density at radius 2 is 1.47 bits per heavy atom. The summed E-state index contributed by atoms with van der Waals surface area (Å²) in [7, 11) is 0. The first-order valence-electron chi connectivity index (χ1n) is 7.65. The number of hydrogen-bond donors (Lipinski definition) is 1. The van der Waals surface area contributed by atoms with E-state index in [2.05, 4.69) is 32.6 Å². The minimum Gasteiger partial charge on any atom is -0.329 e. The Morgan fingerprint density at radius 3 is 1.82 bits per heavy atom. The fourth-order valence-electron chi connectivity index (χ4n) is 2.55. The summed E-state index contributed by atoms with van der Waals surface area (Å²) in [5.41, 5.74) is 6.01. The second-order valence-electron chi connectivity index (χ2n) is 5.31. The highest BCUT2D eigenvalue weighted by Gasteiger charge is 2.21. The van der Waals surface area contributed by atoms with E-state index in [0.717, 1.165) is 12.5 Å². The number of hydrogen-bond acceptors (Lipinski definition) is 2. The second-order valence-corrected chi connectivity index (χ2v) is 5.31. The molecule has 2 heteroatoms. The van der Waals surface area contributed by atoms with Crippen LogP contribution in [-0.2, 0) is 0 Å². The molecule has 0 fully saturated rings. The number of nitrogens with zero attached hydrogens (tertiary/aromatic N) is 1. The van der Waals surface area contributed by atoms with Crippen molar-refractivity contribution in [2.24, 2.45) is 11.7 Å². The maximum absolute atomic E-state index is 6.01. The third kappa shape index (κ3) is 7.05. The zero-order valence-corrected chi connectivity index (χ0v) is 12.5. The Morgan fingerprint density at radius 1 is 0.941 bits per heavy atom. The topological polar surface area (TPSA) is 29.3 Å². The van der Waals surface area contributed by atoms with Crippen molar-refractivity contribution < 1.29 is 0 Å². The molecular formula is C15H34N2. The molecule has 2 nitrogen and oxygen atoms in total. The SMILES string of the molecule is CCCCN(CCCC)C(CN)C(C)CCC. The van der Waals surface area contributed by atoms with Gasteiger partial charge in [0.05, 0.1) is 0 Å². The maximum atomic E-state index is 6.01. The van der Waals surface area contributed by atoms with Gasteiger partial charge in [0.1, 0.15) is 0 Å². The molecule has 0 aromatic heterocycles. The normalized spacial score (nSPS) is 15.2. The predicted molar refractivity (Wildman–Crippen MR) is 78.3 cm³/mol. The van der Waals surface area contributed by atoms with Crippen molar-refractivity contribution in [2.45, 2.75) is 72.3 Å². The molecule has 0 spiro atoms. The van der Waals surface area contributed by atoms with Gasteiger partial charge in [0.15, 0.2) is 0 Å². The Hall–Kier alpha value is -0.0800. The van der Waals surface area contributed by atoms with E-state index in [0.29, 0.717) is 6.04 Å². The van der Waals surface area contributed by atoms with Crippen molar-refractivity contribution in [1.29, 1.82) is 0 Å². The molecule has 0 aliphatic rings. The lowest BCUT2D eigenvalue weighted by Gasteiger charge is -2.35. The van der Waals surface area contributed by atoms with E-state index in [9.17, 15) is 0 Å². The number of unbranched alkanes of at least 4 members (excludes halogenated alkanes) is 2. The summed E-state index contributed by atoms with van der Waals surface area (Å²) in [6.07, 6.45) is 7.74. The van der Waals surface area contributed by atoms with E-state index in [1.807, 2.05) is 0 Å². The summed E-state index contributed by atoms with van der Waals surface area (Å²) >= 11 is 0. The highest BCUT2D eigenvalue weighted by molar-refractivity contribution is 4.78. The highest BCUT2D eigenvalue weighted by Crippen LogP contribution is 2.17. The van der Waals surface area contributed by atoms with Crippen molar-refractivity contribution in [3.8, 4) is 0 Å².